The van der Waals surface area contributed by atoms with Gasteiger partial charge >= 0.3 is 0 Å². The van der Waals surface area contributed by atoms with E-state index in [1.165, 1.54) is 0 Å². The molecular formula is C15H32O4S2. The van der Waals surface area contributed by atoms with Crippen LogP contribution in [0.15, 0.2) is 0 Å². The van der Waals surface area contributed by atoms with Crippen molar-refractivity contribution in [3.63, 3.8) is 0 Å². The lowest BCUT2D eigenvalue weighted by Gasteiger charge is -2.14. The maximum absolute atomic E-state index is 11.5. The topological polar surface area (TPSA) is 74.3 Å². The number of carbonyl (C=O) groups excluding carboxylic acids is 1. The number of Topliss-reactive ketones (excluding diaryl/α,β-unsaturated/α-hetero) is 1. The van der Waals surface area contributed by atoms with Crippen molar-refractivity contribution in [2.45, 2.75) is 77.7 Å². The average Bonchev–Trinajstić information content (AvgIpc) is 2.33. The fraction of sp³-hybridized carbons (Fsp3) is 0.933. The predicted molar refractivity (Wildman–Crippen MR) is 91.9 cm³/mol. The molecule has 0 aliphatic heterocycles. The largest absolute Gasteiger partial charge is 0.748 e. The zero-order chi connectivity index (χ0) is 17.1. The number of ketones is 1. The minimum absolute atomic E-state index is 0.219. The summed E-state index contributed by atoms with van der Waals surface area (Å²) >= 11 is 0. The highest BCUT2D eigenvalue weighted by Crippen LogP contribution is 2.13. The van der Waals surface area contributed by atoms with Crippen LogP contribution in [-0.4, -0.2) is 40.8 Å². The van der Waals surface area contributed by atoms with E-state index >= 15 is 0 Å². The van der Waals surface area contributed by atoms with Gasteiger partial charge in [0.15, 0.2) is 11.5 Å². The second kappa shape index (κ2) is 12.5. The van der Waals surface area contributed by atoms with Crippen LogP contribution in [0, 0.1) is 0 Å². The second-order valence-electron chi connectivity index (χ2n) is 5.62. The molecule has 0 bridgehead atoms. The molecule has 0 spiro atoms. The van der Waals surface area contributed by atoms with E-state index in [-0.39, 0.29) is 5.75 Å². The maximum Gasteiger partial charge on any atom is 0.181 e. The molecule has 0 heterocycles. The molecule has 0 rings (SSSR count). The second-order valence-corrected chi connectivity index (χ2v) is 10.3. The lowest BCUT2D eigenvalue weighted by molar-refractivity contribution is -0.116. The first-order chi connectivity index (χ1) is 9.55. The van der Waals surface area contributed by atoms with Gasteiger partial charge in [0, 0.05) is 12.2 Å². The van der Waals surface area contributed by atoms with E-state index in [4.69, 9.17) is 0 Å². The smallest absolute Gasteiger partial charge is 0.181 e. The molecule has 0 N–H and O–H groups in total. The van der Waals surface area contributed by atoms with Crippen LogP contribution < -0.4 is 0 Å². The number of hydrogen-bond donors (Lipinski definition) is 0. The molecule has 4 nitrogen and oxygen atoms in total. The number of carbonyl (C=O) groups is 1. The van der Waals surface area contributed by atoms with Gasteiger partial charge in [-0.3, -0.25) is 4.79 Å². The highest BCUT2D eigenvalue weighted by atomic mass is 32.2. The van der Waals surface area contributed by atoms with Gasteiger partial charge in [0.1, 0.15) is 10.5 Å². The molecule has 0 aromatic carbocycles. The van der Waals surface area contributed by atoms with E-state index < -0.39 is 10.1 Å². The summed E-state index contributed by atoms with van der Waals surface area (Å²) in [6, 6.07) is 0. The van der Waals surface area contributed by atoms with Gasteiger partial charge in [0.25, 0.3) is 0 Å². The van der Waals surface area contributed by atoms with Crippen molar-refractivity contribution in [1.82, 2.24) is 0 Å². The molecule has 0 aliphatic rings. The van der Waals surface area contributed by atoms with Crippen LogP contribution in [0.2, 0.25) is 0 Å². The summed E-state index contributed by atoms with van der Waals surface area (Å²) < 4.78 is 29.5. The third-order valence-electron chi connectivity index (χ3n) is 2.82. The Labute approximate surface area is 134 Å². The lowest BCUT2D eigenvalue weighted by atomic mass is 10.3. The Morgan fingerprint density at radius 3 is 1.76 bits per heavy atom. The maximum atomic E-state index is 11.5. The fourth-order valence-corrected chi connectivity index (χ4v) is 4.65. The first-order valence-electron chi connectivity index (χ1n) is 7.68. The van der Waals surface area contributed by atoms with E-state index in [0.29, 0.717) is 33.6 Å². The first kappa shape index (κ1) is 23.2. The molecule has 6 heteroatoms. The molecule has 0 amide bonds. The molecular weight excluding hydrogens is 308 g/mol. The van der Waals surface area contributed by atoms with E-state index in [1.54, 1.807) is 0 Å². The van der Waals surface area contributed by atoms with Gasteiger partial charge in [0.05, 0.1) is 10.1 Å². The Morgan fingerprint density at radius 2 is 1.52 bits per heavy atom. The molecule has 21 heavy (non-hydrogen) atoms. The van der Waals surface area contributed by atoms with Crippen molar-refractivity contribution in [2.75, 3.05) is 11.5 Å². The zero-order valence-corrected chi connectivity index (χ0v) is 16.0. The van der Waals surface area contributed by atoms with Crippen LogP contribution >= 0.6 is 0 Å². The summed E-state index contributed by atoms with van der Waals surface area (Å²) in [6.07, 6.45) is 2.99. The van der Waals surface area contributed by atoms with Gasteiger partial charge in [-0.05, 0) is 51.4 Å². The van der Waals surface area contributed by atoms with E-state index in [2.05, 4.69) is 34.6 Å². The molecule has 0 atom stereocenters. The fourth-order valence-electron chi connectivity index (χ4n) is 1.74. The number of rotatable bonds is 9. The molecule has 0 aliphatic carbocycles. The summed E-state index contributed by atoms with van der Waals surface area (Å²) in [6.45, 7) is 12.8. The van der Waals surface area contributed by atoms with Crippen molar-refractivity contribution in [3.8, 4) is 0 Å². The van der Waals surface area contributed by atoms with Crippen molar-refractivity contribution >= 4 is 26.8 Å². The summed E-state index contributed by atoms with van der Waals surface area (Å²) in [5.41, 5.74) is 0. The van der Waals surface area contributed by atoms with Gasteiger partial charge in [-0.15, -0.1) is 0 Å². The quantitative estimate of drug-likeness (QED) is 0.477. The Hall–Kier alpha value is -0.0700. The molecule has 0 aromatic heterocycles. The van der Waals surface area contributed by atoms with Gasteiger partial charge in [-0.2, -0.15) is 0 Å². The molecule has 0 radical (unpaired) electrons. The molecule has 128 valence electrons. The number of hydrogen-bond acceptors (Lipinski definition) is 4. The van der Waals surface area contributed by atoms with Crippen molar-refractivity contribution in [1.29, 1.82) is 0 Å². The Balaban J connectivity index is 0. The Kier molecular flexibility index (Phi) is 13.8. The van der Waals surface area contributed by atoms with Crippen molar-refractivity contribution in [2.24, 2.45) is 0 Å². The van der Waals surface area contributed by atoms with Crippen LogP contribution in [-0.2, 0) is 25.8 Å². The average molecular weight is 341 g/mol. The molecule has 0 unspecified atom stereocenters. The first-order valence-corrected chi connectivity index (χ1v) is 10.8. The minimum atomic E-state index is -3.94. The minimum Gasteiger partial charge on any atom is -0.748 e. The van der Waals surface area contributed by atoms with Gasteiger partial charge in [-0.1, -0.05) is 20.3 Å². The highest BCUT2D eigenvalue weighted by molar-refractivity contribution is 7.98. The summed E-state index contributed by atoms with van der Waals surface area (Å²) in [5.74, 6) is 1.04. The van der Waals surface area contributed by atoms with E-state index in [0.717, 1.165) is 25.0 Å². The zero-order valence-electron chi connectivity index (χ0n) is 14.3. The van der Waals surface area contributed by atoms with Crippen LogP contribution in [0.1, 0.15) is 67.2 Å². The molecule has 0 fully saturated rings. The normalized spacial score (nSPS) is 11.7. The molecule has 0 saturated heterocycles. The van der Waals surface area contributed by atoms with Crippen LogP contribution in [0.25, 0.3) is 0 Å². The third kappa shape index (κ3) is 16.1. The Bertz CT molecular complexity index is 354. The molecule has 0 saturated carbocycles. The lowest BCUT2D eigenvalue weighted by Crippen LogP contribution is -2.31. The summed E-state index contributed by atoms with van der Waals surface area (Å²) in [5, 5.41) is 1.31. The van der Waals surface area contributed by atoms with E-state index in [9.17, 15) is 17.8 Å². The summed E-state index contributed by atoms with van der Waals surface area (Å²) in [4.78, 5) is 11.5. The van der Waals surface area contributed by atoms with Crippen molar-refractivity contribution in [3.05, 3.63) is 0 Å². The van der Waals surface area contributed by atoms with Gasteiger partial charge < -0.3 is 4.55 Å². The van der Waals surface area contributed by atoms with Crippen molar-refractivity contribution < 1.29 is 17.8 Å². The number of unbranched alkanes of at least 4 members (excludes halogenated alkanes) is 1. The summed E-state index contributed by atoms with van der Waals surface area (Å²) in [7, 11) is -3.65. The van der Waals surface area contributed by atoms with E-state index in [1.807, 2.05) is 6.92 Å². The highest BCUT2D eigenvalue weighted by Gasteiger charge is 2.29. The standard InChI is InChI=1S/C11H23OS.C4H10O3S/c1-6-7-11(12)8-13(9(2)3)10(4)5;1-2-3-4-8(5,6)7/h9-10H,6-8H2,1-5H3;2-4H2,1H3,(H,5,6,7)/q+1;/p-1. The van der Waals surface area contributed by atoms with Crippen LogP contribution in [0.3, 0.4) is 0 Å². The monoisotopic (exact) mass is 340 g/mol. The van der Waals surface area contributed by atoms with Crippen LogP contribution in [0.5, 0.6) is 0 Å². The van der Waals surface area contributed by atoms with Crippen LogP contribution in [0.4, 0.5) is 0 Å². The Morgan fingerprint density at radius 1 is 1.05 bits per heavy atom. The van der Waals surface area contributed by atoms with Gasteiger partial charge in [0.2, 0.25) is 0 Å². The SMILES string of the molecule is CCCC(=O)C[S+](C(C)C)C(C)C.CCCCS(=O)(=O)[O-]. The predicted octanol–water partition coefficient (Wildman–Crippen LogP) is 3.12. The molecule has 0 aromatic rings. The van der Waals surface area contributed by atoms with Gasteiger partial charge in [-0.25, -0.2) is 8.42 Å². The third-order valence-corrected chi connectivity index (χ3v) is 6.68.